The molecule has 0 radical (unpaired) electrons. The van der Waals surface area contributed by atoms with Crippen LogP contribution in [0.2, 0.25) is 5.02 Å². The van der Waals surface area contributed by atoms with Gasteiger partial charge in [0, 0.05) is 16.4 Å². The quantitative estimate of drug-likeness (QED) is 0.421. The Morgan fingerprint density at radius 1 is 1.37 bits per heavy atom. The first-order valence-electron chi connectivity index (χ1n) is 10.2. The van der Waals surface area contributed by atoms with Crippen LogP contribution in [-0.4, -0.2) is 27.8 Å². The zero-order valence-corrected chi connectivity index (χ0v) is 19.4. The van der Waals surface area contributed by atoms with E-state index in [2.05, 4.69) is 12.2 Å². The molecule has 2 heterocycles. The predicted molar refractivity (Wildman–Crippen MR) is 125 cm³/mol. The number of aromatic nitrogens is 2. The first kappa shape index (κ1) is 21.4. The van der Waals surface area contributed by atoms with Gasteiger partial charge in [-0.15, -0.1) is 11.3 Å². The smallest absolute Gasteiger partial charge is 0.267 e. The number of aryl methyl sites for hydroxylation is 1. The van der Waals surface area contributed by atoms with Gasteiger partial charge in [0.2, 0.25) is 5.91 Å². The maximum atomic E-state index is 13.6. The number of thioether (sulfide) groups is 1. The lowest BCUT2D eigenvalue weighted by molar-refractivity contribution is -0.118. The van der Waals surface area contributed by atoms with Crippen molar-refractivity contribution < 1.29 is 4.79 Å². The lowest BCUT2D eigenvalue weighted by atomic mass is 9.89. The number of thiophene rings is 1. The van der Waals surface area contributed by atoms with Crippen molar-refractivity contribution in [1.29, 1.82) is 0 Å². The molecule has 0 bridgehead atoms. The third kappa shape index (κ3) is 4.29. The predicted octanol–water partition coefficient (Wildman–Crippen LogP) is 4.84. The lowest BCUT2D eigenvalue weighted by Gasteiger charge is -2.17. The molecule has 8 heteroatoms. The van der Waals surface area contributed by atoms with Crippen LogP contribution in [0.5, 0.6) is 0 Å². The summed E-state index contributed by atoms with van der Waals surface area (Å²) in [5, 5.41) is 4.75. The van der Waals surface area contributed by atoms with Crippen molar-refractivity contribution in [2.75, 3.05) is 12.3 Å². The van der Waals surface area contributed by atoms with E-state index in [9.17, 15) is 9.59 Å². The molecule has 1 aromatic carbocycles. The van der Waals surface area contributed by atoms with Gasteiger partial charge in [-0.05, 0) is 61.4 Å². The molecule has 158 valence electrons. The summed E-state index contributed by atoms with van der Waals surface area (Å²) in [5.74, 6) is 0.784. The fraction of sp³-hybridized carbons (Fsp3) is 0.409. The average molecular weight is 462 g/mol. The van der Waals surface area contributed by atoms with E-state index in [0.717, 1.165) is 41.5 Å². The molecule has 3 aromatic rings. The Balaban J connectivity index is 1.82. The van der Waals surface area contributed by atoms with Gasteiger partial charge in [-0.1, -0.05) is 37.2 Å². The molecule has 5 nitrogen and oxygen atoms in total. The van der Waals surface area contributed by atoms with Crippen LogP contribution in [0.15, 0.2) is 34.2 Å². The maximum absolute atomic E-state index is 13.6. The van der Waals surface area contributed by atoms with Crippen molar-refractivity contribution in [2.24, 2.45) is 5.92 Å². The number of carbonyl (C=O) groups is 1. The van der Waals surface area contributed by atoms with Crippen LogP contribution in [-0.2, 0) is 17.6 Å². The second-order valence-corrected chi connectivity index (χ2v) is 10.1. The van der Waals surface area contributed by atoms with E-state index in [-0.39, 0.29) is 17.2 Å². The van der Waals surface area contributed by atoms with Gasteiger partial charge in [0.05, 0.1) is 16.8 Å². The zero-order valence-electron chi connectivity index (χ0n) is 17.0. The van der Waals surface area contributed by atoms with Crippen molar-refractivity contribution in [3.8, 4) is 5.69 Å². The Morgan fingerprint density at radius 3 is 2.87 bits per heavy atom. The molecule has 1 atom stereocenters. The Labute approximate surface area is 188 Å². The monoisotopic (exact) mass is 461 g/mol. The van der Waals surface area contributed by atoms with E-state index >= 15 is 0 Å². The van der Waals surface area contributed by atoms with Crippen LogP contribution in [0.3, 0.4) is 0 Å². The van der Waals surface area contributed by atoms with Crippen molar-refractivity contribution in [3.05, 3.63) is 50.1 Å². The highest BCUT2D eigenvalue weighted by Crippen LogP contribution is 2.37. The molecule has 1 unspecified atom stereocenters. The van der Waals surface area contributed by atoms with Crippen LogP contribution >= 0.6 is 34.7 Å². The van der Waals surface area contributed by atoms with Crippen molar-refractivity contribution in [1.82, 2.24) is 14.9 Å². The van der Waals surface area contributed by atoms with E-state index in [0.29, 0.717) is 28.3 Å². The third-order valence-electron chi connectivity index (χ3n) is 5.29. The molecule has 1 aliphatic rings. The second kappa shape index (κ2) is 9.12. The summed E-state index contributed by atoms with van der Waals surface area (Å²) in [4.78, 5) is 32.7. The Kier molecular flexibility index (Phi) is 6.51. The highest BCUT2D eigenvalue weighted by Gasteiger charge is 2.25. The summed E-state index contributed by atoms with van der Waals surface area (Å²) in [5.41, 5.74) is 1.80. The number of rotatable bonds is 6. The number of benzene rings is 1. The Bertz CT molecular complexity index is 1140. The topological polar surface area (TPSA) is 64.0 Å². The van der Waals surface area contributed by atoms with E-state index in [4.69, 9.17) is 16.6 Å². The second-order valence-electron chi connectivity index (χ2n) is 7.68. The van der Waals surface area contributed by atoms with Gasteiger partial charge in [-0.3, -0.25) is 14.2 Å². The van der Waals surface area contributed by atoms with Gasteiger partial charge in [-0.25, -0.2) is 4.98 Å². The lowest BCUT2D eigenvalue weighted by Crippen LogP contribution is -2.27. The number of nitrogens with one attached hydrogen (secondary N) is 1. The van der Waals surface area contributed by atoms with Crippen molar-refractivity contribution in [2.45, 2.75) is 44.7 Å². The fourth-order valence-electron chi connectivity index (χ4n) is 3.73. The van der Waals surface area contributed by atoms with Gasteiger partial charge in [0.1, 0.15) is 4.83 Å². The average Bonchev–Trinajstić information content (AvgIpc) is 3.09. The first-order chi connectivity index (χ1) is 14.5. The maximum Gasteiger partial charge on any atom is 0.267 e. The Morgan fingerprint density at radius 2 is 2.13 bits per heavy atom. The van der Waals surface area contributed by atoms with E-state index in [1.54, 1.807) is 28.0 Å². The molecule has 4 rings (SSSR count). The molecule has 0 fully saturated rings. The minimum atomic E-state index is -0.0640. The standard InChI is InChI=1S/C22H24ClN3O2S2/c1-3-10-24-18(27)12-29-22-25-20-19(16-9-4-13(2)11-17(16)30-20)21(28)26(22)15-7-5-14(23)6-8-15/h5-8,13H,3-4,9-12H2,1-2H3,(H,24,27). The number of nitrogens with zero attached hydrogens (tertiary/aromatic N) is 2. The molecule has 0 spiro atoms. The zero-order chi connectivity index (χ0) is 21.3. The fourth-order valence-corrected chi connectivity index (χ4v) is 6.12. The highest BCUT2D eigenvalue weighted by molar-refractivity contribution is 7.99. The SMILES string of the molecule is CCCNC(=O)CSc1nc2sc3c(c2c(=O)n1-c1ccc(Cl)cc1)CCC(C)C3. The first-order valence-corrected chi connectivity index (χ1v) is 12.4. The van der Waals surface area contributed by atoms with Gasteiger partial charge in [0.25, 0.3) is 5.56 Å². The summed E-state index contributed by atoms with van der Waals surface area (Å²) in [6.45, 7) is 4.91. The van der Waals surface area contributed by atoms with E-state index < -0.39 is 0 Å². The number of hydrogen-bond acceptors (Lipinski definition) is 5. The number of carbonyl (C=O) groups excluding carboxylic acids is 1. The van der Waals surface area contributed by atoms with Gasteiger partial charge < -0.3 is 5.32 Å². The van der Waals surface area contributed by atoms with Crippen molar-refractivity contribution in [3.63, 3.8) is 0 Å². The van der Waals surface area contributed by atoms with Gasteiger partial charge in [-0.2, -0.15) is 0 Å². The summed E-state index contributed by atoms with van der Waals surface area (Å²) in [7, 11) is 0. The molecule has 0 aliphatic heterocycles. The molecule has 1 aliphatic carbocycles. The highest BCUT2D eigenvalue weighted by atomic mass is 35.5. The molecule has 1 amide bonds. The van der Waals surface area contributed by atoms with Crippen LogP contribution in [0.25, 0.3) is 15.9 Å². The minimum absolute atomic E-state index is 0.0573. The largest absolute Gasteiger partial charge is 0.355 e. The number of fused-ring (bicyclic) bond motifs is 3. The molecular formula is C22H24ClN3O2S2. The normalized spacial score (nSPS) is 15.9. The van der Waals surface area contributed by atoms with Gasteiger partial charge >= 0.3 is 0 Å². The summed E-state index contributed by atoms with van der Waals surface area (Å²) in [6, 6.07) is 7.17. The summed E-state index contributed by atoms with van der Waals surface area (Å²) in [6.07, 6.45) is 3.89. The Hall–Kier alpha value is -1.83. The molecule has 30 heavy (non-hydrogen) atoms. The summed E-state index contributed by atoms with van der Waals surface area (Å²) < 4.78 is 1.63. The number of hydrogen-bond donors (Lipinski definition) is 1. The molecular weight excluding hydrogens is 438 g/mol. The van der Waals surface area contributed by atoms with Crippen LogP contribution in [0.1, 0.15) is 37.1 Å². The summed E-state index contributed by atoms with van der Waals surface area (Å²) >= 11 is 8.98. The van der Waals surface area contributed by atoms with E-state index in [1.807, 2.05) is 19.1 Å². The molecule has 2 aromatic heterocycles. The number of halogens is 1. The van der Waals surface area contributed by atoms with E-state index in [1.165, 1.54) is 16.6 Å². The molecule has 0 saturated heterocycles. The van der Waals surface area contributed by atoms with Crippen molar-refractivity contribution >= 4 is 50.8 Å². The van der Waals surface area contributed by atoms with Crippen LogP contribution < -0.4 is 10.9 Å². The van der Waals surface area contributed by atoms with Crippen LogP contribution in [0, 0.1) is 5.92 Å². The third-order valence-corrected chi connectivity index (χ3v) is 7.63. The molecule has 0 saturated carbocycles. The number of amides is 1. The molecule has 1 N–H and O–H groups in total. The van der Waals surface area contributed by atoms with Crippen LogP contribution in [0.4, 0.5) is 0 Å². The van der Waals surface area contributed by atoms with Gasteiger partial charge in [0.15, 0.2) is 5.16 Å². The minimum Gasteiger partial charge on any atom is -0.355 e.